The molecule has 1 spiro atoms. The summed E-state index contributed by atoms with van der Waals surface area (Å²) in [6, 6.07) is 1.68. The van der Waals surface area contributed by atoms with Crippen molar-refractivity contribution >= 4 is 23.3 Å². The Kier molecular flexibility index (Phi) is 4.90. The number of ether oxygens (including phenoxy) is 2. The number of hydrazine groups is 1. The lowest BCUT2D eigenvalue weighted by Gasteiger charge is -2.37. The molecule has 8 heteroatoms. The van der Waals surface area contributed by atoms with Crippen molar-refractivity contribution < 1.29 is 19.1 Å². The largest absolute Gasteiger partial charge is 0.347 e. The molecule has 7 nitrogen and oxygen atoms in total. The highest BCUT2D eigenvalue weighted by molar-refractivity contribution is 7.14. The van der Waals surface area contributed by atoms with Crippen LogP contribution >= 0.6 is 11.3 Å². The molecule has 0 radical (unpaired) electrons. The van der Waals surface area contributed by atoms with Crippen LogP contribution in [0.4, 0.5) is 4.79 Å². The summed E-state index contributed by atoms with van der Waals surface area (Å²) < 4.78 is 11.3. The minimum Gasteiger partial charge on any atom is -0.347 e. The van der Waals surface area contributed by atoms with Crippen molar-refractivity contribution in [3.63, 3.8) is 0 Å². The number of hydrogen-bond acceptors (Lipinski definition) is 5. The minimum atomic E-state index is -0.507. The van der Waals surface area contributed by atoms with E-state index in [4.69, 9.17) is 9.47 Å². The maximum absolute atomic E-state index is 12.4. The smallest absolute Gasteiger partial charge is 0.336 e. The predicted octanol–water partition coefficient (Wildman–Crippen LogP) is 2.07. The van der Waals surface area contributed by atoms with Crippen LogP contribution < -0.4 is 10.9 Å². The molecule has 1 aromatic rings. The summed E-state index contributed by atoms with van der Waals surface area (Å²) in [5.41, 5.74) is 6.36. The maximum atomic E-state index is 12.4. The van der Waals surface area contributed by atoms with Crippen molar-refractivity contribution in [3.8, 4) is 0 Å². The average molecular weight is 379 g/mol. The summed E-state index contributed by atoms with van der Waals surface area (Å²) >= 11 is 1.54. The molecule has 3 heterocycles. The van der Waals surface area contributed by atoms with E-state index >= 15 is 0 Å². The normalized spacial score (nSPS) is 24.3. The Labute approximate surface area is 157 Å². The van der Waals surface area contributed by atoms with Crippen molar-refractivity contribution in [2.24, 2.45) is 5.92 Å². The molecule has 3 aliphatic rings. The van der Waals surface area contributed by atoms with Gasteiger partial charge in [0.15, 0.2) is 5.79 Å². The van der Waals surface area contributed by atoms with Gasteiger partial charge >= 0.3 is 6.03 Å². The second kappa shape index (κ2) is 7.17. The zero-order valence-corrected chi connectivity index (χ0v) is 15.8. The first-order valence-electron chi connectivity index (χ1n) is 9.29. The Hall–Kier alpha value is -1.64. The number of carbonyl (C=O) groups excluding carboxylic acids is 2. The van der Waals surface area contributed by atoms with Gasteiger partial charge in [-0.15, -0.1) is 11.3 Å². The number of urea groups is 1. The van der Waals surface area contributed by atoms with Crippen LogP contribution in [0.25, 0.3) is 0 Å². The lowest BCUT2D eigenvalue weighted by atomic mass is 9.90. The number of likely N-dealkylation sites (tertiary alicyclic amines) is 1. The van der Waals surface area contributed by atoms with Gasteiger partial charge in [-0.05, 0) is 36.8 Å². The highest BCUT2D eigenvalue weighted by Crippen LogP contribution is 2.32. The Morgan fingerprint density at radius 3 is 2.69 bits per heavy atom. The Morgan fingerprint density at radius 2 is 1.96 bits per heavy atom. The minimum absolute atomic E-state index is 0.249. The Balaban J connectivity index is 1.27. The second-order valence-electron chi connectivity index (χ2n) is 7.39. The van der Waals surface area contributed by atoms with E-state index in [1.165, 1.54) is 28.2 Å². The van der Waals surface area contributed by atoms with Gasteiger partial charge in [0.1, 0.15) is 0 Å². The summed E-state index contributed by atoms with van der Waals surface area (Å²) in [7, 11) is 0. The highest BCUT2D eigenvalue weighted by Gasteiger charge is 2.40. The second-order valence-corrected chi connectivity index (χ2v) is 8.52. The summed E-state index contributed by atoms with van der Waals surface area (Å²) in [6.07, 6.45) is 4.56. The van der Waals surface area contributed by atoms with Crippen molar-refractivity contribution in [1.29, 1.82) is 0 Å². The van der Waals surface area contributed by atoms with Crippen LogP contribution in [0.3, 0.4) is 0 Å². The van der Waals surface area contributed by atoms with Gasteiger partial charge in [0.05, 0.1) is 18.1 Å². The molecule has 3 amide bonds. The zero-order valence-electron chi connectivity index (χ0n) is 15.0. The fourth-order valence-corrected chi connectivity index (χ4v) is 5.01. The number of carbonyl (C=O) groups is 2. The third-order valence-electron chi connectivity index (χ3n) is 5.46. The topological polar surface area (TPSA) is 79.9 Å². The molecule has 0 bridgehead atoms. The van der Waals surface area contributed by atoms with Gasteiger partial charge in [0.25, 0.3) is 5.91 Å². The monoisotopic (exact) mass is 379 g/mol. The van der Waals surface area contributed by atoms with E-state index in [-0.39, 0.29) is 11.9 Å². The fourth-order valence-electron chi connectivity index (χ4n) is 3.90. The standard InChI is InChI=1S/C18H25N3O4S/c1-12-2-3-14-13(10-12)11-15(26-14)16(22)19-20-17(23)21-6-4-18(5-7-21)24-8-9-25-18/h11-12H,2-10H2,1H3,(H,19,22)(H,20,23). The Morgan fingerprint density at radius 1 is 1.23 bits per heavy atom. The summed E-state index contributed by atoms with van der Waals surface area (Å²) in [5.74, 6) is -0.0861. The van der Waals surface area contributed by atoms with Gasteiger partial charge in [0.2, 0.25) is 0 Å². The fraction of sp³-hybridized carbons (Fsp3) is 0.667. The molecule has 2 N–H and O–H groups in total. The summed E-state index contributed by atoms with van der Waals surface area (Å²) in [6.45, 7) is 4.57. The quantitative estimate of drug-likeness (QED) is 0.732. The van der Waals surface area contributed by atoms with Crippen LogP contribution in [0.1, 0.15) is 46.3 Å². The molecule has 142 valence electrons. The number of amides is 3. The van der Waals surface area contributed by atoms with Crippen LogP contribution in [0.5, 0.6) is 0 Å². The molecular weight excluding hydrogens is 354 g/mol. The van der Waals surface area contributed by atoms with Crippen LogP contribution in [-0.4, -0.2) is 48.9 Å². The van der Waals surface area contributed by atoms with Gasteiger partial charge in [-0.25, -0.2) is 10.2 Å². The number of aryl methyl sites for hydroxylation is 1. The van der Waals surface area contributed by atoms with Gasteiger partial charge in [-0.2, -0.15) is 0 Å². The van der Waals surface area contributed by atoms with Gasteiger partial charge in [0, 0.05) is 30.8 Å². The molecule has 2 saturated heterocycles. The molecule has 0 saturated carbocycles. The molecule has 4 rings (SSSR count). The van der Waals surface area contributed by atoms with Crippen molar-refractivity contribution in [2.75, 3.05) is 26.3 Å². The first-order chi connectivity index (χ1) is 12.5. The molecule has 1 aliphatic carbocycles. The van der Waals surface area contributed by atoms with Gasteiger partial charge < -0.3 is 14.4 Å². The number of fused-ring (bicyclic) bond motifs is 1. The average Bonchev–Trinajstić information content (AvgIpc) is 3.27. The van der Waals surface area contributed by atoms with E-state index < -0.39 is 5.79 Å². The molecule has 1 unspecified atom stereocenters. The van der Waals surface area contributed by atoms with Crippen molar-refractivity contribution in [1.82, 2.24) is 15.8 Å². The maximum Gasteiger partial charge on any atom is 0.336 e. The number of thiophene rings is 1. The molecule has 1 atom stereocenters. The van der Waals surface area contributed by atoms with Gasteiger partial charge in [-0.3, -0.25) is 10.2 Å². The van der Waals surface area contributed by atoms with Crippen LogP contribution in [-0.2, 0) is 22.3 Å². The number of rotatable bonds is 1. The lowest BCUT2D eigenvalue weighted by Crippen LogP contribution is -2.53. The zero-order chi connectivity index (χ0) is 18.1. The first-order valence-corrected chi connectivity index (χ1v) is 10.1. The van der Waals surface area contributed by atoms with Gasteiger partial charge in [-0.1, -0.05) is 6.92 Å². The summed E-state index contributed by atoms with van der Waals surface area (Å²) in [5, 5.41) is 0. The van der Waals surface area contributed by atoms with E-state index in [0.717, 1.165) is 12.8 Å². The number of hydrogen-bond donors (Lipinski definition) is 2. The van der Waals surface area contributed by atoms with Crippen LogP contribution in [0.15, 0.2) is 6.07 Å². The third kappa shape index (κ3) is 3.58. The third-order valence-corrected chi connectivity index (χ3v) is 6.70. The van der Waals surface area contributed by atoms with Crippen LogP contribution in [0.2, 0.25) is 0 Å². The van der Waals surface area contributed by atoms with Crippen molar-refractivity contribution in [3.05, 3.63) is 21.4 Å². The molecule has 2 aliphatic heterocycles. The van der Waals surface area contributed by atoms with E-state index in [1.807, 2.05) is 6.07 Å². The summed E-state index contributed by atoms with van der Waals surface area (Å²) in [4.78, 5) is 28.3. The Bertz CT molecular complexity index is 689. The molecular formula is C18H25N3O4S. The van der Waals surface area contributed by atoms with Crippen LogP contribution in [0, 0.1) is 5.92 Å². The van der Waals surface area contributed by atoms with E-state index in [1.54, 1.807) is 4.90 Å². The molecule has 1 aromatic heterocycles. The van der Waals surface area contributed by atoms with E-state index in [9.17, 15) is 9.59 Å². The SMILES string of the molecule is CC1CCc2sc(C(=O)NNC(=O)N3CCC4(CC3)OCCO4)cc2C1. The predicted molar refractivity (Wildman–Crippen MR) is 96.9 cm³/mol. The van der Waals surface area contributed by atoms with E-state index in [2.05, 4.69) is 17.8 Å². The van der Waals surface area contributed by atoms with Crippen molar-refractivity contribution in [2.45, 2.75) is 44.8 Å². The number of nitrogens with zero attached hydrogens (tertiary/aromatic N) is 1. The molecule has 0 aromatic carbocycles. The number of nitrogens with one attached hydrogen (secondary N) is 2. The first kappa shape index (κ1) is 17.8. The molecule has 2 fully saturated rings. The van der Waals surface area contributed by atoms with E-state index in [0.29, 0.717) is 49.9 Å². The lowest BCUT2D eigenvalue weighted by molar-refractivity contribution is -0.181. The molecule has 26 heavy (non-hydrogen) atoms. The highest BCUT2D eigenvalue weighted by atomic mass is 32.1. The number of piperidine rings is 1.